The Morgan fingerprint density at radius 1 is 1.62 bits per heavy atom. The molecule has 66 valence electrons. The molecule has 0 aliphatic carbocycles. The van der Waals surface area contributed by atoms with Gasteiger partial charge in [-0.2, -0.15) is 0 Å². The molecular weight excluding hydrogens is 195 g/mol. The first-order valence-corrected chi connectivity index (χ1v) is 3.87. The zero-order valence-electron chi connectivity index (χ0n) is 6.37. The minimum Gasteiger partial charge on any atom is -0.302 e. The Labute approximate surface area is 77.8 Å². The van der Waals surface area contributed by atoms with Gasteiger partial charge in [0.05, 0.1) is 10.5 Å². The molecule has 0 aromatic carbocycles. The molecule has 0 aliphatic heterocycles. The summed E-state index contributed by atoms with van der Waals surface area (Å²) in [6.45, 7) is 0. The monoisotopic (exact) mass is 198 g/mol. The lowest BCUT2D eigenvalue weighted by atomic mass is 10.3. The maximum atomic E-state index is 12.9. The van der Waals surface area contributed by atoms with Crippen LogP contribution in [0.4, 0.5) is 4.39 Å². The molecule has 0 aliphatic rings. The highest BCUT2D eigenvalue weighted by Gasteiger charge is 2.06. The summed E-state index contributed by atoms with van der Waals surface area (Å²) in [5.41, 5.74) is 0.753. The van der Waals surface area contributed by atoms with Crippen molar-refractivity contribution in [3.63, 3.8) is 0 Å². The van der Waals surface area contributed by atoms with Gasteiger partial charge in [-0.05, 0) is 6.07 Å². The Kier molecular flexibility index (Phi) is 1.77. The van der Waals surface area contributed by atoms with Crippen LogP contribution in [0, 0.1) is 5.82 Å². The van der Waals surface area contributed by atoms with Gasteiger partial charge in [0.15, 0.2) is 12.1 Å². The van der Waals surface area contributed by atoms with Crippen molar-refractivity contribution in [3.8, 4) is 0 Å². The fourth-order valence-electron chi connectivity index (χ4n) is 1.10. The molecule has 2 aromatic heterocycles. The summed E-state index contributed by atoms with van der Waals surface area (Å²) in [5, 5.41) is -0.0175. The fourth-order valence-corrected chi connectivity index (χ4v) is 1.25. The highest BCUT2D eigenvalue weighted by molar-refractivity contribution is 6.31. The Balaban J connectivity index is 2.84. The summed E-state index contributed by atoms with van der Waals surface area (Å²) in [5.74, 6) is -0.538. The molecule has 2 heterocycles. The molecule has 2 rings (SSSR count). The van der Waals surface area contributed by atoms with Gasteiger partial charge in [-0.25, -0.2) is 9.37 Å². The van der Waals surface area contributed by atoms with E-state index in [1.807, 2.05) is 0 Å². The fraction of sp³-hybridized carbons (Fsp3) is 0. The molecule has 0 saturated heterocycles. The highest BCUT2D eigenvalue weighted by Crippen LogP contribution is 2.18. The van der Waals surface area contributed by atoms with E-state index < -0.39 is 5.82 Å². The number of nitrogens with zero attached hydrogens (tertiary/aromatic N) is 2. The maximum absolute atomic E-state index is 12.9. The Hall–Kier alpha value is -1.42. The van der Waals surface area contributed by atoms with E-state index in [9.17, 15) is 9.18 Å². The highest BCUT2D eigenvalue weighted by atomic mass is 35.5. The van der Waals surface area contributed by atoms with E-state index in [1.54, 1.807) is 0 Å². The molecule has 13 heavy (non-hydrogen) atoms. The molecule has 5 heteroatoms. The predicted octanol–water partition coefficient (Wildman–Crippen LogP) is 1.94. The van der Waals surface area contributed by atoms with Crippen molar-refractivity contribution in [1.29, 1.82) is 0 Å². The number of carbonyl (C=O) groups excluding carboxylic acids is 1. The SMILES string of the molecule is O=Cc1ncn2cc(F)c(Cl)cc12. The van der Waals surface area contributed by atoms with Gasteiger partial charge in [-0.3, -0.25) is 4.79 Å². The van der Waals surface area contributed by atoms with Gasteiger partial charge in [0.2, 0.25) is 0 Å². The Morgan fingerprint density at radius 3 is 3.08 bits per heavy atom. The lowest BCUT2D eigenvalue weighted by molar-refractivity contribution is 0.112. The average molecular weight is 199 g/mol. The Morgan fingerprint density at radius 2 is 2.38 bits per heavy atom. The van der Waals surface area contributed by atoms with Crippen LogP contribution in [0.2, 0.25) is 5.02 Å². The molecule has 0 amide bonds. The largest absolute Gasteiger partial charge is 0.302 e. The van der Waals surface area contributed by atoms with Crippen molar-refractivity contribution >= 4 is 23.4 Å². The van der Waals surface area contributed by atoms with Crippen LogP contribution in [0.1, 0.15) is 10.5 Å². The number of imidazole rings is 1. The predicted molar refractivity (Wildman–Crippen MR) is 45.5 cm³/mol. The molecule has 0 spiro atoms. The summed E-state index contributed by atoms with van der Waals surface area (Å²) >= 11 is 5.54. The van der Waals surface area contributed by atoms with E-state index in [2.05, 4.69) is 4.98 Å². The number of hydrogen-bond acceptors (Lipinski definition) is 2. The van der Waals surface area contributed by atoms with Gasteiger partial charge in [-0.15, -0.1) is 0 Å². The van der Waals surface area contributed by atoms with Gasteiger partial charge in [-0.1, -0.05) is 11.6 Å². The molecule has 0 radical (unpaired) electrons. The molecule has 0 N–H and O–H groups in total. The lowest BCUT2D eigenvalue weighted by Crippen LogP contribution is -1.87. The number of carbonyl (C=O) groups is 1. The first-order valence-electron chi connectivity index (χ1n) is 3.49. The summed E-state index contributed by atoms with van der Waals surface area (Å²) in [6, 6.07) is 1.37. The van der Waals surface area contributed by atoms with E-state index in [0.717, 1.165) is 0 Å². The number of fused-ring (bicyclic) bond motifs is 1. The van der Waals surface area contributed by atoms with E-state index in [-0.39, 0.29) is 10.7 Å². The lowest BCUT2D eigenvalue weighted by Gasteiger charge is -1.96. The first kappa shape index (κ1) is 8.19. The number of aldehydes is 1. The number of pyridine rings is 1. The minimum absolute atomic E-state index is 0.0175. The van der Waals surface area contributed by atoms with Crippen molar-refractivity contribution in [2.75, 3.05) is 0 Å². The molecule has 0 unspecified atom stereocenters. The van der Waals surface area contributed by atoms with Crippen molar-refractivity contribution in [2.24, 2.45) is 0 Å². The van der Waals surface area contributed by atoms with E-state index in [0.29, 0.717) is 11.8 Å². The first-order chi connectivity index (χ1) is 6.22. The van der Waals surface area contributed by atoms with Crippen LogP contribution in [0.3, 0.4) is 0 Å². The third kappa shape index (κ3) is 1.19. The summed E-state index contributed by atoms with van der Waals surface area (Å²) in [4.78, 5) is 14.2. The zero-order chi connectivity index (χ0) is 9.42. The third-order valence-corrected chi connectivity index (χ3v) is 2.01. The topological polar surface area (TPSA) is 34.4 Å². The van der Waals surface area contributed by atoms with Gasteiger partial charge in [0.25, 0.3) is 0 Å². The van der Waals surface area contributed by atoms with Crippen LogP contribution in [-0.2, 0) is 0 Å². The normalized spacial score (nSPS) is 10.6. The van der Waals surface area contributed by atoms with E-state index in [4.69, 9.17) is 11.6 Å². The summed E-state index contributed by atoms with van der Waals surface area (Å²) in [7, 11) is 0. The number of rotatable bonds is 1. The molecule has 0 fully saturated rings. The van der Waals surface area contributed by atoms with Crippen LogP contribution in [-0.4, -0.2) is 15.7 Å². The summed E-state index contributed by atoms with van der Waals surface area (Å²) in [6.07, 6.45) is 3.14. The van der Waals surface area contributed by atoms with E-state index in [1.165, 1.54) is 23.0 Å². The maximum Gasteiger partial charge on any atom is 0.170 e. The van der Waals surface area contributed by atoms with Gasteiger partial charge >= 0.3 is 0 Å². The standard InChI is InChI=1S/C8H4ClFN2O/c9-5-1-8-7(3-13)11-4-12(8)2-6(5)10/h1-4H. The van der Waals surface area contributed by atoms with Gasteiger partial charge < -0.3 is 4.40 Å². The number of aromatic nitrogens is 2. The molecular formula is C8H4ClFN2O. The van der Waals surface area contributed by atoms with Crippen LogP contribution in [0.15, 0.2) is 18.6 Å². The van der Waals surface area contributed by atoms with Crippen molar-refractivity contribution in [3.05, 3.63) is 35.1 Å². The van der Waals surface area contributed by atoms with Crippen molar-refractivity contribution < 1.29 is 9.18 Å². The summed E-state index contributed by atoms with van der Waals surface area (Å²) < 4.78 is 14.3. The molecule has 3 nitrogen and oxygen atoms in total. The van der Waals surface area contributed by atoms with Crippen LogP contribution in [0.5, 0.6) is 0 Å². The van der Waals surface area contributed by atoms with E-state index >= 15 is 0 Å². The zero-order valence-corrected chi connectivity index (χ0v) is 7.12. The molecule has 0 saturated carbocycles. The average Bonchev–Trinajstić information content (AvgIpc) is 2.48. The van der Waals surface area contributed by atoms with Crippen LogP contribution in [0.25, 0.3) is 5.52 Å². The Bertz CT molecular complexity index is 480. The van der Waals surface area contributed by atoms with Crippen LogP contribution < -0.4 is 0 Å². The van der Waals surface area contributed by atoms with Crippen LogP contribution >= 0.6 is 11.6 Å². The number of halogens is 2. The van der Waals surface area contributed by atoms with Crippen molar-refractivity contribution in [1.82, 2.24) is 9.38 Å². The second-order valence-corrected chi connectivity index (χ2v) is 2.92. The second kappa shape index (κ2) is 2.81. The molecule has 0 atom stereocenters. The smallest absolute Gasteiger partial charge is 0.170 e. The molecule has 0 bridgehead atoms. The van der Waals surface area contributed by atoms with Gasteiger partial charge in [0.1, 0.15) is 12.0 Å². The second-order valence-electron chi connectivity index (χ2n) is 2.51. The quantitative estimate of drug-likeness (QED) is 0.657. The third-order valence-electron chi connectivity index (χ3n) is 1.72. The minimum atomic E-state index is -0.538. The number of hydrogen-bond donors (Lipinski definition) is 0. The molecule has 2 aromatic rings. The van der Waals surface area contributed by atoms with Crippen molar-refractivity contribution in [2.45, 2.75) is 0 Å². The van der Waals surface area contributed by atoms with Gasteiger partial charge in [0, 0.05) is 6.20 Å².